The molecule has 1 aliphatic heterocycles. The van der Waals surface area contributed by atoms with Crippen molar-refractivity contribution in [2.24, 2.45) is 5.92 Å². The standard InChI is InChI=1S/C10H20O3/c1-8(2)3-4-9(11)7-10-12-5-6-13-10/h8-11H,3-7H2,1-2H3. The van der Waals surface area contributed by atoms with Crippen LogP contribution in [0.4, 0.5) is 0 Å². The molecular formula is C10H20O3. The van der Waals surface area contributed by atoms with Crippen LogP contribution < -0.4 is 0 Å². The van der Waals surface area contributed by atoms with Crippen molar-refractivity contribution >= 4 is 0 Å². The molecule has 0 saturated carbocycles. The van der Waals surface area contributed by atoms with Crippen LogP contribution in [0, 0.1) is 5.92 Å². The molecule has 0 radical (unpaired) electrons. The monoisotopic (exact) mass is 188 g/mol. The third kappa shape index (κ3) is 4.60. The topological polar surface area (TPSA) is 38.7 Å². The Morgan fingerprint density at radius 2 is 1.85 bits per heavy atom. The summed E-state index contributed by atoms with van der Waals surface area (Å²) in [4.78, 5) is 0. The Morgan fingerprint density at radius 1 is 1.23 bits per heavy atom. The van der Waals surface area contributed by atoms with Crippen molar-refractivity contribution in [3.8, 4) is 0 Å². The first kappa shape index (κ1) is 11.0. The molecule has 13 heavy (non-hydrogen) atoms. The Kier molecular flexibility index (Phi) is 4.70. The first-order valence-corrected chi connectivity index (χ1v) is 5.09. The van der Waals surface area contributed by atoms with Crippen molar-refractivity contribution in [2.45, 2.75) is 45.5 Å². The smallest absolute Gasteiger partial charge is 0.160 e. The average Bonchev–Trinajstić information content (AvgIpc) is 2.53. The second kappa shape index (κ2) is 5.58. The van der Waals surface area contributed by atoms with Gasteiger partial charge in [-0.2, -0.15) is 0 Å². The van der Waals surface area contributed by atoms with Gasteiger partial charge in [0.05, 0.1) is 19.3 Å². The fraction of sp³-hybridized carbons (Fsp3) is 1.00. The second-order valence-electron chi connectivity index (χ2n) is 4.03. The van der Waals surface area contributed by atoms with E-state index in [1.807, 2.05) is 0 Å². The highest BCUT2D eigenvalue weighted by Gasteiger charge is 2.19. The number of hydrogen-bond acceptors (Lipinski definition) is 3. The highest BCUT2D eigenvalue weighted by Crippen LogP contribution is 2.15. The van der Waals surface area contributed by atoms with Gasteiger partial charge < -0.3 is 14.6 Å². The normalized spacial score (nSPS) is 21.2. The van der Waals surface area contributed by atoms with E-state index in [0.717, 1.165) is 12.8 Å². The molecule has 1 unspecified atom stereocenters. The lowest BCUT2D eigenvalue weighted by molar-refractivity contribution is -0.0715. The van der Waals surface area contributed by atoms with Gasteiger partial charge in [-0.05, 0) is 18.8 Å². The van der Waals surface area contributed by atoms with Crippen molar-refractivity contribution in [3.05, 3.63) is 0 Å². The van der Waals surface area contributed by atoms with E-state index in [-0.39, 0.29) is 12.4 Å². The molecule has 1 saturated heterocycles. The number of hydrogen-bond donors (Lipinski definition) is 1. The molecule has 1 fully saturated rings. The van der Waals surface area contributed by atoms with E-state index in [1.165, 1.54) is 0 Å². The number of rotatable bonds is 5. The number of aliphatic hydroxyl groups is 1. The summed E-state index contributed by atoms with van der Waals surface area (Å²) in [5, 5.41) is 9.60. The molecule has 0 bridgehead atoms. The lowest BCUT2D eigenvalue weighted by atomic mass is 10.0. The zero-order valence-electron chi connectivity index (χ0n) is 8.53. The van der Waals surface area contributed by atoms with Crippen LogP contribution in [0.25, 0.3) is 0 Å². The largest absolute Gasteiger partial charge is 0.393 e. The predicted molar refractivity (Wildman–Crippen MR) is 50.4 cm³/mol. The Hall–Kier alpha value is -0.120. The predicted octanol–water partition coefficient (Wildman–Crippen LogP) is 1.55. The summed E-state index contributed by atoms with van der Waals surface area (Å²) in [5.41, 5.74) is 0. The van der Waals surface area contributed by atoms with Crippen LogP contribution in [0.1, 0.15) is 33.1 Å². The second-order valence-corrected chi connectivity index (χ2v) is 4.03. The van der Waals surface area contributed by atoms with Crippen molar-refractivity contribution < 1.29 is 14.6 Å². The van der Waals surface area contributed by atoms with Gasteiger partial charge in [-0.1, -0.05) is 13.8 Å². The fourth-order valence-corrected chi connectivity index (χ4v) is 1.41. The molecule has 1 atom stereocenters. The van der Waals surface area contributed by atoms with E-state index in [1.54, 1.807) is 0 Å². The number of ether oxygens (including phenoxy) is 2. The first-order valence-electron chi connectivity index (χ1n) is 5.09. The lowest BCUT2D eigenvalue weighted by Crippen LogP contribution is -2.18. The van der Waals surface area contributed by atoms with Crippen molar-refractivity contribution in [1.29, 1.82) is 0 Å². The Labute approximate surface area is 80.0 Å². The van der Waals surface area contributed by atoms with Gasteiger partial charge >= 0.3 is 0 Å². The molecular weight excluding hydrogens is 168 g/mol. The SMILES string of the molecule is CC(C)CCC(O)CC1OCCO1. The van der Waals surface area contributed by atoms with E-state index < -0.39 is 0 Å². The molecule has 0 aromatic rings. The number of aliphatic hydroxyl groups excluding tert-OH is 1. The molecule has 0 aromatic heterocycles. The molecule has 1 heterocycles. The van der Waals surface area contributed by atoms with Crippen LogP contribution in [0.2, 0.25) is 0 Å². The molecule has 0 aromatic carbocycles. The maximum Gasteiger partial charge on any atom is 0.160 e. The Balaban J connectivity index is 2.05. The fourth-order valence-electron chi connectivity index (χ4n) is 1.41. The molecule has 3 nitrogen and oxygen atoms in total. The zero-order chi connectivity index (χ0) is 9.68. The van der Waals surface area contributed by atoms with Gasteiger partial charge in [-0.15, -0.1) is 0 Å². The van der Waals surface area contributed by atoms with Gasteiger partial charge in [0, 0.05) is 6.42 Å². The average molecular weight is 188 g/mol. The molecule has 3 heteroatoms. The highest BCUT2D eigenvalue weighted by atomic mass is 16.7. The summed E-state index contributed by atoms with van der Waals surface area (Å²) in [6, 6.07) is 0. The van der Waals surface area contributed by atoms with Crippen LogP contribution in [-0.2, 0) is 9.47 Å². The minimum absolute atomic E-state index is 0.165. The molecule has 0 amide bonds. The van der Waals surface area contributed by atoms with Gasteiger partial charge in [0.15, 0.2) is 6.29 Å². The maximum absolute atomic E-state index is 9.60. The van der Waals surface area contributed by atoms with E-state index in [4.69, 9.17) is 9.47 Å². The summed E-state index contributed by atoms with van der Waals surface area (Å²) >= 11 is 0. The quantitative estimate of drug-likeness (QED) is 0.711. The Morgan fingerprint density at radius 3 is 2.38 bits per heavy atom. The zero-order valence-corrected chi connectivity index (χ0v) is 8.53. The van der Waals surface area contributed by atoms with Gasteiger partial charge in [0.25, 0.3) is 0 Å². The third-order valence-corrected chi connectivity index (χ3v) is 2.23. The molecule has 0 aliphatic carbocycles. The van der Waals surface area contributed by atoms with E-state index in [0.29, 0.717) is 25.6 Å². The van der Waals surface area contributed by atoms with Crippen molar-refractivity contribution in [3.63, 3.8) is 0 Å². The van der Waals surface area contributed by atoms with Gasteiger partial charge in [-0.3, -0.25) is 0 Å². The van der Waals surface area contributed by atoms with Crippen molar-refractivity contribution in [2.75, 3.05) is 13.2 Å². The van der Waals surface area contributed by atoms with E-state index >= 15 is 0 Å². The molecule has 0 spiro atoms. The summed E-state index contributed by atoms with van der Waals surface area (Å²) in [7, 11) is 0. The summed E-state index contributed by atoms with van der Waals surface area (Å²) in [6.07, 6.45) is 2.09. The molecule has 78 valence electrons. The lowest BCUT2D eigenvalue weighted by Gasteiger charge is -2.15. The van der Waals surface area contributed by atoms with Crippen LogP contribution in [0.3, 0.4) is 0 Å². The van der Waals surface area contributed by atoms with Gasteiger partial charge in [0.2, 0.25) is 0 Å². The van der Waals surface area contributed by atoms with Gasteiger partial charge in [-0.25, -0.2) is 0 Å². The first-order chi connectivity index (χ1) is 6.18. The minimum atomic E-state index is -0.273. The van der Waals surface area contributed by atoms with Crippen molar-refractivity contribution in [1.82, 2.24) is 0 Å². The van der Waals surface area contributed by atoms with Crippen LogP contribution in [0.15, 0.2) is 0 Å². The summed E-state index contributed by atoms with van der Waals surface area (Å²) in [6.45, 7) is 5.66. The van der Waals surface area contributed by atoms with Crippen LogP contribution in [-0.4, -0.2) is 30.7 Å². The summed E-state index contributed by atoms with van der Waals surface area (Å²) < 4.78 is 10.5. The maximum atomic E-state index is 9.60. The van der Waals surface area contributed by atoms with E-state index in [9.17, 15) is 5.11 Å². The Bertz CT molecular complexity index is 130. The molecule has 1 aliphatic rings. The van der Waals surface area contributed by atoms with Crippen LogP contribution >= 0.6 is 0 Å². The van der Waals surface area contributed by atoms with Gasteiger partial charge in [0.1, 0.15) is 0 Å². The van der Waals surface area contributed by atoms with Crippen LogP contribution in [0.5, 0.6) is 0 Å². The van der Waals surface area contributed by atoms with E-state index in [2.05, 4.69) is 13.8 Å². The molecule has 1 N–H and O–H groups in total. The minimum Gasteiger partial charge on any atom is -0.393 e. The molecule has 1 rings (SSSR count). The summed E-state index contributed by atoms with van der Waals surface area (Å²) in [5.74, 6) is 0.653. The third-order valence-electron chi connectivity index (χ3n) is 2.23. The highest BCUT2D eigenvalue weighted by molar-refractivity contribution is 4.62.